The minimum Gasteiger partial charge on any atom is -0.351 e. The normalized spacial score (nSPS) is 11.7. The maximum Gasteiger partial charge on any atom is 0.417 e. The van der Waals surface area contributed by atoms with Crippen molar-refractivity contribution in [3.05, 3.63) is 71.7 Å². The molecule has 0 unspecified atom stereocenters. The number of aromatic nitrogens is 3. The van der Waals surface area contributed by atoms with Crippen molar-refractivity contribution in [3.8, 4) is 5.82 Å². The van der Waals surface area contributed by atoms with Gasteiger partial charge in [-0.1, -0.05) is 32.0 Å². The fraction of sp³-hybridized carbons (Fsp3) is 0.286. The van der Waals surface area contributed by atoms with Crippen LogP contribution in [0.5, 0.6) is 0 Å². The second-order valence-corrected chi connectivity index (χ2v) is 8.00. The lowest BCUT2D eigenvalue weighted by Crippen LogP contribution is -2.26. The molecule has 0 aliphatic carbocycles. The molecular weight excluding hydrogens is 413 g/mol. The summed E-state index contributed by atoms with van der Waals surface area (Å²) in [6.07, 6.45) is -2.27. The van der Waals surface area contributed by atoms with E-state index < -0.39 is 11.7 Å². The number of carbonyl (C=O) groups excluding carboxylic acids is 1. The highest BCUT2D eigenvalue weighted by atomic mass is 32.2. The van der Waals surface area contributed by atoms with Crippen LogP contribution in [-0.2, 0) is 6.18 Å². The Morgan fingerprint density at radius 3 is 2.47 bits per heavy atom. The van der Waals surface area contributed by atoms with Crippen molar-refractivity contribution in [2.45, 2.75) is 30.8 Å². The molecule has 3 rings (SSSR count). The first kappa shape index (κ1) is 21.9. The third kappa shape index (κ3) is 5.21. The highest BCUT2D eigenvalue weighted by molar-refractivity contribution is 7.99. The molecule has 0 atom stereocenters. The van der Waals surface area contributed by atoms with E-state index in [0.717, 1.165) is 17.2 Å². The van der Waals surface area contributed by atoms with E-state index in [1.807, 2.05) is 44.2 Å². The van der Waals surface area contributed by atoms with Gasteiger partial charge in [-0.2, -0.15) is 18.3 Å². The number of halogens is 3. The van der Waals surface area contributed by atoms with E-state index in [4.69, 9.17) is 0 Å². The Bertz CT molecular complexity index is 986. The Morgan fingerprint density at radius 1 is 1.13 bits per heavy atom. The van der Waals surface area contributed by atoms with Crippen molar-refractivity contribution in [1.29, 1.82) is 0 Å². The first-order valence-electron chi connectivity index (χ1n) is 9.35. The van der Waals surface area contributed by atoms with Gasteiger partial charge in [0.25, 0.3) is 5.91 Å². The van der Waals surface area contributed by atoms with Crippen molar-refractivity contribution in [2.75, 3.05) is 12.3 Å². The fourth-order valence-electron chi connectivity index (χ4n) is 2.90. The predicted octanol–water partition coefficient (Wildman–Crippen LogP) is 4.93. The second kappa shape index (κ2) is 9.34. The van der Waals surface area contributed by atoms with Gasteiger partial charge in [-0.25, -0.2) is 9.67 Å². The smallest absolute Gasteiger partial charge is 0.351 e. The molecule has 0 fully saturated rings. The van der Waals surface area contributed by atoms with Crippen LogP contribution in [0.25, 0.3) is 5.82 Å². The number of benzene rings is 1. The molecule has 2 aromatic heterocycles. The fourth-order valence-corrected chi connectivity index (χ4v) is 3.68. The highest BCUT2D eigenvalue weighted by Crippen LogP contribution is 2.29. The van der Waals surface area contributed by atoms with E-state index in [1.54, 1.807) is 11.8 Å². The molecule has 1 amide bonds. The number of rotatable bonds is 7. The molecule has 0 spiro atoms. The van der Waals surface area contributed by atoms with Gasteiger partial charge in [-0.3, -0.25) is 4.79 Å². The summed E-state index contributed by atoms with van der Waals surface area (Å²) in [5, 5.41) is 7.08. The predicted molar refractivity (Wildman–Crippen MR) is 110 cm³/mol. The topological polar surface area (TPSA) is 59.8 Å². The number of hydrogen-bond acceptors (Lipinski definition) is 4. The molecule has 0 saturated heterocycles. The lowest BCUT2D eigenvalue weighted by molar-refractivity contribution is -0.137. The Balaban J connectivity index is 1.71. The maximum atomic E-state index is 12.8. The summed E-state index contributed by atoms with van der Waals surface area (Å²) in [5.74, 6) is 0.577. The SMILES string of the molecule is CC(C)c1c(C(=O)NCCSc2ccccc2)cnn1-c1ccc(C(F)(F)F)cn1. The molecule has 0 aliphatic rings. The summed E-state index contributed by atoms with van der Waals surface area (Å²) in [4.78, 5) is 17.7. The lowest BCUT2D eigenvalue weighted by atomic mass is 10.1. The Hall–Kier alpha value is -2.81. The number of alkyl halides is 3. The van der Waals surface area contributed by atoms with Gasteiger partial charge in [0.1, 0.15) is 0 Å². The highest BCUT2D eigenvalue weighted by Gasteiger charge is 2.31. The third-order valence-corrected chi connectivity index (χ3v) is 5.30. The molecular formula is C21H21F3N4OS. The van der Waals surface area contributed by atoms with Crippen molar-refractivity contribution >= 4 is 17.7 Å². The van der Waals surface area contributed by atoms with Crippen LogP contribution in [-0.4, -0.2) is 33.0 Å². The number of nitrogens with one attached hydrogen (secondary N) is 1. The molecule has 0 saturated carbocycles. The van der Waals surface area contributed by atoms with Crippen molar-refractivity contribution < 1.29 is 18.0 Å². The van der Waals surface area contributed by atoms with Crippen LogP contribution in [0.3, 0.4) is 0 Å². The first-order valence-corrected chi connectivity index (χ1v) is 10.3. The van der Waals surface area contributed by atoms with Gasteiger partial charge < -0.3 is 5.32 Å². The molecule has 3 aromatic rings. The Kier molecular flexibility index (Phi) is 6.81. The number of pyridine rings is 1. The van der Waals surface area contributed by atoms with E-state index in [9.17, 15) is 18.0 Å². The zero-order valence-electron chi connectivity index (χ0n) is 16.5. The van der Waals surface area contributed by atoms with Crippen LogP contribution in [0.15, 0.2) is 59.8 Å². The third-order valence-electron chi connectivity index (χ3n) is 4.29. The molecule has 158 valence electrons. The molecule has 2 heterocycles. The number of amides is 1. The minimum atomic E-state index is -4.46. The summed E-state index contributed by atoms with van der Waals surface area (Å²) >= 11 is 1.64. The second-order valence-electron chi connectivity index (χ2n) is 6.83. The maximum absolute atomic E-state index is 12.8. The molecule has 0 radical (unpaired) electrons. The van der Waals surface area contributed by atoms with Crippen LogP contribution in [0.4, 0.5) is 13.2 Å². The molecule has 1 aromatic carbocycles. The summed E-state index contributed by atoms with van der Waals surface area (Å²) in [6, 6.07) is 12.1. The standard InChI is InChI=1S/C21H21F3N4OS/c1-14(2)19-17(20(29)25-10-11-30-16-6-4-3-5-7-16)13-27-28(19)18-9-8-15(12-26-18)21(22,23)24/h3-9,12-14H,10-11H2,1-2H3,(H,25,29). The number of thioether (sulfide) groups is 1. The van der Waals surface area contributed by atoms with Crippen LogP contribution in [0, 0.1) is 0 Å². The number of carbonyl (C=O) groups is 1. The van der Waals surface area contributed by atoms with Crippen molar-refractivity contribution in [1.82, 2.24) is 20.1 Å². The van der Waals surface area contributed by atoms with Gasteiger partial charge in [-0.05, 0) is 30.2 Å². The molecule has 0 aliphatic heterocycles. The van der Waals surface area contributed by atoms with Gasteiger partial charge >= 0.3 is 6.18 Å². The zero-order valence-corrected chi connectivity index (χ0v) is 17.3. The number of nitrogens with zero attached hydrogens (tertiary/aromatic N) is 3. The Labute approximate surface area is 176 Å². The van der Waals surface area contributed by atoms with Gasteiger partial charge in [0.05, 0.1) is 23.0 Å². The average molecular weight is 434 g/mol. The van der Waals surface area contributed by atoms with Gasteiger partial charge in [0.15, 0.2) is 5.82 Å². The largest absolute Gasteiger partial charge is 0.417 e. The van der Waals surface area contributed by atoms with E-state index >= 15 is 0 Å². The van der Waals surface area contributed by atoms with Crippen LogP contribution in [0.2, 0.25) is 0 Å². The number of hydrogen-bond donors (Lipinski definition) is 1. The summed E-state index contributed by atoms with van der Waals surface area (Å²) in [7, 11) is 0. The first-order chi connectivity index (χ1) is 14.3. The van der Waals surface area contributed by atoms with E-state index in [2.05, 4.69) is 15.4 Å². The molecule has 30 heavy (non-hydrogen) atoms. The molecule has 5 nitrogen and oxygen atoms in total. The van der Waals surface area contributed by atoms with E-state index in [0.29, 0.717) is 23.6 Å². The van der Waals surface area contributed by atoms with E-state index in [-0.39, 0.29) is 17.6 Å². The summed E-state index contributed by atoms with van der Waals surface area (Å²) < 4.78 is 39.8. The molecule has 9 heteroatoms. The minimum absolute atomic E-state index is 0.0870. The van der Waals surface area contributed by atoms with Crippen molar-refractivity contribution in [3.63, 3.8) is 0 Å². The van der Waals surface area contributed by atoms with Crippen LogP contribution < -0.4 is 5.32 Å². The summed E-state index contributed by atoms with van der Waals surface area (Å²) in [6.45, 7) is 4.25. The summed E-state index contributed by atoms with van der Waals surface area (Å²) in [5.41, 5.74) is 0.144. The lowest BCUT2D eigenvalue weighted by Gasteiger charge is -2.13. The Morgan fingerprint density at radius 2 is 1.87 bits per heavy atom. The monoisotopic (exact) mass is 434 g/mol. The van der Waals surface area contributed by atoms with E-state index in [1.165, 1.54) is 16.9 Å². The molecule has 0 bridgehead atoms. The molecule has 1 N–H and O–H groups in total. The average Bonchev–Trinajstić information content (AvgIpc) is 3.17. The van der Waals surface area contributed by atoms with Gasteiger partial charge in [-0.15, -0.1) is 11.8 Å². The zero-order chi connectivity index (χ0) is 21.7. The van der Waals surface area contributed by atoms with Gasteiger partial charge in [0.2, 0.25) is 0 Å². The van der Waals surface area contributed by atoms with Crippen molar-refractivity contribution in [2.24, 2.45) is 0 Å². The van der Waals surface area contributed by atoms with Crippen LogP contribution >= 0.6 is 11.8 Å². The van der Waals surface area contributed by atoms with Gasteiger partial charge in [0, 0.05) is 23.4 Å². The quantitative estimate of drug-likeness (QED) is 0.423. The van der Waals surface area contributed by atoms with Crippen LogP contribution in [0.1, 0.15) is 41.4 Å².